The molecule has 1 N–H and O–H groups in total. The Morgan fingerprint density at radius 3 is 2.10 bits per heavy atom. The number of nitrogens with zero attached hydrogens (tertiary/aromatic N) is 1. The van der Waals surface area contributed by atoms with Crippen LogP contribution in [-0.2, 0) is 16.6 Å². The molecule has 0 atom stereocenters. The average molecular weight is 312 g/mol. The molecule has 0 aliphatic rings. The summed E-state index contributed by atoms with van der Waals surface area (Å²) in [6.45, 7) is 12.1. The summed E-state index contributed by atoms with van der Waals surface area (Å²) in [5.74, 6) is 0.301. The number of sulfonamides is 1. The minimum Gasteiger partial charge on any atom is -0.313 e. The molecule has 21 heavy (non-hydrogen) atoms. The molecule has 0 amide bonds. The van der Waals surface area contributed by atoms with Crippen LogP contribution in [0.15, 0.2) is 29.2 Å². The highest BCUT2D eigenvalue weighted by Gasteiger charge is 2.27. The van der Waals surface area contributed by atoms with Crippen LogP contribution in [0.2, 0.25) is 0 Å². The van der Waals surface area contributed by atoms with Crippen molar-refractivity contribution in [3.05, 3.63) is 29.8 Å². The highest BCUT2D eigenvalue weighted by atomic mass is 32.2. The lowest BCUT2D eigenvalue weighted by atomic mass is 10.2. The van der Waals surface area contributed by atoms with E-state index in [1.165, 1.54) is 0 Å². The molecule has 0 bridgehead atoms. The molecule has 0 unspecified atom stereocenters. The molecule has 1 rings (SSSR count). The monoisotopic (exact) mass is 312 g/mol. The number of rotatable bonds is 8. The predicted octanol–water partition coefficient (Wildman–Crippen LogP) is 2.85. The van der Waals surface area contributed by atoms with Crippen LogP contribution < -0.4 is 5.32 Å². The van der Waals surface area contributed by atoms with Gasteiger partial charge in [0.2, 0.25) is 10.0 Å². The summed E-state index contributed by atoms with van der Waals surface area (Å²) in [6.07, 6.45) is 0. The van der Waals surface area contributed by atoms with Gasteiger partial charge in [-0.25, -0.2) is 8.42 Å². The molecule has 0 saturated heterocycles. The van der Waals surface area contributed by atoms with Gasteiger partial charge in [0.25, 0.3) is 0 Å². The van der Waals surface area contributed by atoms with Crippen molar-refractivity contribution in [1.29, 1.82) is 0 Å². The highest BCUT2D eigenvalue weighted by Crippen LogP contribution is 2.20. The molecule has 0 aliphatic carbocycles. The first-order valence-electron chi connectivity index (χ1n) is 7.60. The standard InChI is InChI=1S/C16H28N2O2S/c1-6-17-11-15-7-9-16(10-8-15)21(19,20)18(14(4)5)12-13(2)3/h7-10,13-14,17H,6,11-12H2,1-5H3. The second kappa shape index (κ2) is 7.92. The van der Waals surface area contributed by atoms with E-state index in [4.69, 9.17) is 0 Å². The maximum atomic E-state index is 12.7. The first-order valence-corrected chi connectivity index (χ1v) is 9.04. The predicted molar refractivity (Wildman–Crippen MR) is 87.7 cm³/mol. The highest BCUT2D eigenvalue weighted by molar-refractivity contribution is 7.89. The molecule has 0 fully saturated rings. The first kappa shape index (κ1) is 18.1. The van der Waals surface area contributed by atoms with Gasteiger partial charge in [-0.3, -0.25) is 0 Å². The van der Waals surface area contributed by atoms with Crippen molar-refractivity contribution < 1.29 is 8.42 Å². The van der Waals surface area contributed by atoms with E-state index < -0.39 is 10.0 Å². The molecule has 0 heterocycles. The fourth-order valence-corrected chi connectivity index (χ4v) is 3.93. The number of benzene rings is 1. The number of hydrogen-bond acceptors (Lipinski definition) is 3. The van der Waals surface area contributed by atoms with Crippen LogP contribution >= 0.6 is 0 Å². The van der Waals surface area contributed by atoms with Gasteiger partial charge >= 0.3 is 0 Å². The fourth-order valence-electron chi connectivity index (χ4n) is 2.13. The van der Waals surface area contributed by atoms with Crippen LogP contribution in [0.3, 0.4) is 0 Å². The number of hydrogen-bond donors (Lipinski definition) is 1. The van der Waals surface area contributed by atoms with Gasteiger partial charge in [-0.1, -0.05) is 32.9 Å². The zero-order valence-corrected chi connectivity index (χ0v) is 14.6. The molecule has 5 heteroatoms. The topological polar surface area (TPSA) is 49.4 Å². The van der Waals surface area contributed by atoms with Gasteiger partial charge < -0.3 is 5.32 Å². The van der Waals surface area contributed by atoms with Gasteiger partial charge in [-0.2, -0.15) is 4.31 Å². The summed E-state index contributed by atoms with van der Waals surface area (Å²) in [7, 11) is -3.42. The van der Waals surface area contributed by atoms with E-state index in [9.17, 15) is 8.42 Å². The van der Waals surface area contributed by atoms with Crippen LogP contribution in [0.5, 0.6) is 0 Å². The molecular weight excluding hydrogens is 284 g/mol. The van der Waals surface area contributed by atoms with Crippen LogP contribution in [-0.4, -0.2) is 31.9 Å². The lowest BCUT2D eigenvalue weighted by Gasteiger charge is -2.27. The third-order valence-electron chi connectivity index (χ3n) is 3.23. The Kier molecular flexibility index (Phi) is 6.84. The van der Waals surface area contributed by atoms with E-state index in [0.717, 1.165) is 18.7 Å². The molecule has 0 aromatic heterocycles. The van der Waals surface area contributed by atoms with Crippen LogP contribution in [0, 0.1) is 5.92 Å². The third-order valence-corrected chi connectivity index (χ3v) is 5.29. The molecule has 0 saturated carbocycles. The SMILES string of the molecule is CCNCc1ccc(S(=O)(=O)N(CC(C)C)C(C)C)cc1. The van der Waals surface area contributed by atoms with Gasteiger partial charge in [0.1, 0.15) is 0 Å². The Balaban J connectivity index is 2.99. The second-order valence-corrected chi connectivity index (χ2v) is 7.88. The molecule has 0 spiro atoms. The van der Waals surface area contributed by atoms with Crippen molar-refractivity contribution >= 4 is 10.0 Å². The minimum absolute atomic E-state index is 0.0427. The Bertz CT molecular complexity index is 522. The molecule has 4 nitrogen and oxygen atoms in total. The van der Waals surface area contributed by atoms with E-state index >= 15 is 0 Å². The van der Waals surface area contributed by atoms with Crippen molar-refractivity contribution in [2.45, 2.75) is 52.1 Å². The number of nitrogens with one attached hydrogen (secondary N) is 1. The maximum absolute atomic E-state index is 12.7. The van der Waals surface area contributed by atoms with E-state index in [1.807, 2.05) is 46.8 Å². The van der Waals surface area contributed by atoms with E-state index in [1.54, 1.807) is 16.4 Å². The Labute approximate surface area is 129 Å². The van der Waals surface area contributed by atoms with Gasteiger partial charge in [0.15, 0.2) is 0 Å². The summed E-state index contributed by atoms with van der Waals surface area (Å²) < 4.78 is 27.1. The molecule has 0 aliphatic heterocycles. The van der Waals surface area contributed by atoms with Crippen molar-refractivity contribution in [3.63, 3.8) is 0 Å². The van der Waals surface area contributed by atoms with Crippen molar-refractivity contribution in [1.82, 2.24) is 9.62 Å². The normalized spacial score (nSPS) is 12.6. The van der Waals surface area contributed by atoms with Crippen LogP contribution in [0.1, 0.15) is 40.2 Å². The zero-order valence-electron chi connectivity index (χ0n) is 13.8. The maximum Gasteiger partial charge on any atom is 0.243 e. The molecule has 0 radical (unpaired) electrons. The Morgan fingerprint density at radius 2 is 1.67 bits per heavy atom. The van der Waals surface area contributed by atoms with Crippen LogP contribution in [0.25, 0.3) is 0 Å². The lowest BCUT2D eigenvalue weighted by molar-refractivity contribution is 0.319. The van der Waals surface area contributed by atoms with Crippen LogP contribution in [0.4, 0.5) is 0 Å². The van der Waals surface area contributed by atoms with Gasteiger partial charge in [-0.05, 0) is 44.0 Å². The largest absolute Gasteiger partial charge is 0.313 e. The van der Waals surface area contributed by atoms with Crippen molar-refractivity contribution in [3.8, 4) is 0 Å². The molecule has 1 aromatic rings. The quantitative estimate of drug-likeness (QED) is 0.803. The third kappa shape index (κ3) is 5.09. The summed E-state index contributed by atoms with van der Waals surface area (Å²) in [5.41, 5.74) is 1.09. The Morgan fingerprint density at radius 1 is 1.10 bits per heavy atom. The second-order valence-electron chi connectivity index (χ2n) is 5.99. The summed E-state index contributed by atoms with van der Waals surface area (Å²) >= 11 is 0. The molecule has 1 aromatic carbocycles. The summed E-state index contributed by atoms with van der Waals surface area (Å²) in [5, 5.41) is 3.23. The fraction of sp³-hybridized carbons (Fsp3) is 0.625. The van der Waals surface area contributed by atoms with Gasteiger partial charge in [0.05, 0.1) is 4.90 Å². The van der Waals surface area contributed by atoms with E-state index in [-0.39, 0.29) is 6.04 Å². The Hall–Kier alpha value is -0.910. The van der Waals surface area contributed by atoms with Crippen molar-refractivity contribution in [2.24, 2.45) is 5.92 Å². The first-order chi connectivity index (χ1) is 9.78. The molecular formula is C16H28N2O2S. The van der Waals surface area contributed by atoms with Gasteiger partial charge in [-0.15, -0.1) is 0 Å². The minimum atomic E-state index is -3.42. The smallest absolute Gasteiger partial charge is 0.243 e. The zero-order chi connectivity index (χ0) is 16.0. The van der Waals surface area contributed by atoms with Gasteiger partial charge in [0, 0.05) is 19.1 Å². The molecule has 120 valence electrons. The lowest BCUT2D eigenvalue weighted by Crippen LogP contribution is -2.39. The summed E-state index contributed by atoms with van der Waals surface area (Å²) in [6, 6.07) is 7.13. The van der Waals surface area contributed by atoms with E-state index in [0.29, 0.717) is 17.4 Å². The van der Waals surface area contributed by atoms with Crippen molar-refractivity contribution in [2.75, 3.05) is 13.1 Å². The van der Waals surface area contributed by atoms with E-state index in [2.05, 4.69) is 5.32 Å². The summed E-state index contributed by atoms with van der Waals surface area (Å²) in [4.78, 5) is 0.372. The average Bonchev–Trinajstić information content (AvgIpc) is 2.42.